The maximum Gasteiger partial charge on any atom is 0.224 e. The number of aliphatic hydroxyl groups is 1. The fraction of sp³-hybridized carbons (Fsp3) is 0.619. The maximum atomic E-state index is 12.1. The summed E-state index contributed by atoms with van der Waals surface area (Å²) in [6.45, 7) is 11.5. The van der Waals surface area contributed by atoms with Crippen molar-refractivity contribution in [2.24, 2.45) is 11.8 Å². The minimum absolute atomic E-state index is 0.0454. The molecule has 0 bridgehead atoms. The van der Waals surface area contributed by atoms with Gasteiger partial charge < -0.3 is 10.4 Å². The normalized spacial score (nSPS) is 20.8. The van der Waals surface area contributed by atoms with Crippen LogP contribution in [0.4, 0.5) is 0 Å². The Morgan fingerprint density at radius 1 is 1.36 bits per heavy atom. The quantitative estimate of drug-likeness (QED) is 0.554. The van der Waals surface area contributed by atoms with Crippen LogP contribution >= 0.6 is 0 Å². The Bertz CT molecular complexity index is 505. The summed E-state index contributed by atoms with van der Waals surface area (Å²) < 4.78 is 0. The summed E-state index contributed by atoms with van der Waals surface area (Å²) >= 11 is 0. The van der Waals surface area contributed by atoms with Gasteiger partial charge in [0.05, 0.1) is 6.10 Å². The van der Waals surface area contributed by atoms with Crippen LogP contribution in [0.25, 0.3) is 0 Å². The van der Waals surface area contributed by atoms with Crippen LogP contribution in [-0.2, 0) is 9.59 Å². The molecule has 1 heterocycles. The number of ketones is 1. The van der Waals surface area contributed by atoms with Crippen LogP contribution < -0.4 is 5.32 Å². The van der Waals surface area contributed by atoms with Crippen LogP contribution in [0.15, 0.2) is 36.6 Å². The van der Waals surface area contributed by atoms with Crippen molar-refractivity contribution in [1.29, 1.82) is 0 Å². The van der Waals surface area contributed by atoms with Crippen molar-refractivity contribution in [3.8, 4) is 0 Å². The van der Waals surface area contributed by atoms with Crippen molar-refractivity contribution in [3.63, 3.8) is 0 Å². The lowest BCUT2D eigenvalue weighted by atomic mass is 9.90. The molecule has 4 heteroatoms. The smallest absolute Gasteiger partial charge is 0.224 e. The van der Waals surface area contributed by atoms with Crippen LogP contribution in [0.5, 0.6) is 0 Å². The molecule has 0 spiro atoms. The summed E-state index contributed by atoms with van der Waals surface area (Å²) in [6.07, 6.45) is 8.92. The van der Waals surface area contributed by atoms with Gasteiger partial charge in [-0.25, -0.2) is 0 Å². The molecule has 1 saturated heterocycles. The maximum absolute atomic E-state index is 12.1. The van der Waals surface area contributed by atoms with Gasteiger partial charge in [0.2, 0.25) is 5.91 Å². The summed E-state index contributed by atoms with van der Waals surface area (Å²) in [4.78, 5) is 23.5. The zero-order valence-corrected chi connectivity index (χ0v) is 15.7. The van der Waals surface area contributed by atoms with E-state index in [1.807, 2.05) is 6.92 Å². The first-order valence-corrected chi connectivity index (χ1v) is 9.27. The Kier molecular flexibility index (Phi) is 9.43. The molecule has 1 fully saturated rings. The summed E-state index contributed by atoms with van der Waals surface area (Å²) in [5.41, 5.74) is 1.99. The lowest BCUT2D eigenvalue weighted by Gasteiger charge is -2.23. The van der Waals surface area contributed by atoms with E-state index in [0.29, 0.717) is 31.6 Å². The second-order valence-electron chi connectivity index (χ2n) is 7.39. The van der Waals surface area contributed by atoms with Crippen molar-refractivity contribution >= 4 is 11.7 Å². The topological polar surface area (TPSA) is 66.4 Å². The molecule has 140 valence electrons. The van der Waals surface area contributed by atoms with Gasteiger partial charge in [-0.15, -0.1) is 6.58 Å². The third-order valence-electron chi connectivity index (χ3n) is 4.65. The van der Waals surface area contributed by atoms with Gasteiger partial charge in [0.1, 0.15) is 5.78 Å². The third kappa shape index (κ3) is 9.40. The first kappa shape index (κ1) is 21.4. The van der Waals surface area contributed by atoms with Gasteiger partial charge in [0, 0.05) is 25.0 Å². The van der Waals surface area contributed by atoms with Gasteiger partial charge in [0.25, 0.3) is 0 Å². The highest BCUT2D eigenvalue weighted by Crippen LogP contribution is 2.24. The van der Waals surface area contributed by atoms with Crippen molar-refractivity contribution in [2.75, 3.05) is 0 Å². The first-order chi connectivity index (χ1) is 11.8. The number of piperidine rings is 1. The predicted molar refractivity (Wildman–Crippen MR) is 102 cm³/mol. The number of carbonyl (C=O) groups is 2. The van der Waals surface area contributed by atoms with Gasteiger partial charge in [-0.05, 0) is 50.9 Å². The Labute approximate surface area is 152 Å². The second kappa shape index (κ2) is 11.0. The average molecular weight is 347 g/mol. The molecule has 3 atom stereocenters. The number of Topliss-reactive ketones (excluding diaryl/α,β-unsaturated/α-hetero) is 1. The molecular formula is C21H33NO3. The number of carbonyl (C=O) groups excluding carboxylic acids is 2. The van der Waals surface area contributed by atoms with E-state index in [9.17, 15) is 14.7 Å². The zero-order valence-electron chi connectivity index (χ0n) is 15.7. The van der Waals surface area contributed by atoms with E-state index in [-0.39, 0.29) is 17.6 Å². The standard InChI is InChI=1S/C21H33NO3/c1-5-19(23)12-16(3)11-15(2)9-10-20(24)8-6-7-18-13-17(4)22-21(25)14-18/h5,11,16,18-19,23H,1,4,6-10,12-14H2,2-3H3,(H,22,25)/b15-11-. The Morgan fingerprint density at radius 3 is 2.72 bits per heavy atom. The summed E-state index contributed by atoms with van der Waals surface area (Å²) in [6, 6.07) is 0. The molecule has 0 saturated carbocycles. The highest BCUT2D eigenvalue weighted by molar-refractivity contribution is 5.79. The van der Waals surface area contributed by atoms with Gasteiger partial charge in [0.15, 0.2) is 0 Å². The zero-order chi connectivity index (χ0) is 18.8. The monoisotopic (exact) mass is 347 g/mol. The van der Waals surface area contributed by atoms with Gasteiger partial charge >= 0.3 is 0 Å². The molecule has 4 nitrogen and oxygen atoms in total. The van der Waals surface area contributed by atoms with Gasteiger partial charge in [-0.2, -0.15) is 0 Å². The molecule has 0 aromatic heterocycles. The summed E-state index contributed by atoms with van der Waals surface area (Å²) in [7, 11) is 0. The Balaban J connectivity index is 2.22. The number of nitrogens with one attached hydrogen (secondary N) is 1. The van der Waals surface area contributed by atoms with E-state index in [1.54, 1.807) is 6.08 Å². The molecule has 0 radical (unpaired) electrons. The largest absolute Gasteiger partial charge is 0.389 e. The van der Waals surface area contributed by atoms with Crippen molar-refractivity contribution in [3.05, 3.63) is 36.6 Å². The molecule has 2 N–H and O–H groups in total. The van der Waals surface area contributed by atoms with Crippen molar-refractivity contribution in [1.82, 2.24) is 5.32 Å². The molecule has 0 aliphatic carbocycles. The number of rotatable bonds is 11. The molecule has 25 heavy (non-hydrogen) atoms. The Hall–Kier alpha value is -1.68. The Morgan fingerprint density at radius 2 is 2.08 bits per heavy atom. The summed E-state index contributed by atoms with van der Waals surface area (Å²) in [5.74, 6) is 0.927. The van der Waals surface area contributed by atoms with E-state index >= 15 is 0 Å². The number of hydrogen-bond donors (Lipinski definition) is 2. The van der Waals surface area contributed by atoms with Crippen LogP contribution in [0.1, 0.15) is 65.2 Å². The van der Waals surface area contributed by atoms with E-state index in [2.05, 4.69) is 31.5 Å². The second-order valence-corrected chi connectivity index (χ2v) is 7.39. The predicted octanol–water partition coefficient (Wildman–Crippen LogP) is 4.07. The first-order valence-electron chi connectivity index (χ1n) is 9.27. The number of hydrogen-bond acceptors (Lipinski definition) is 3. The molecule has 1 aliphatic rings. The van der Waals surface area contributed by atoms with Crippen molar-refractivity contribution in [2.45, 2.75) is 71.3 Å². The minimum atomic E-state index is -0.473. The molecular weight excluding hydrogens is 314 g/mol. The van der Waals surface area contributed by atoms with E-state index in [0.717, 1.165) is 31.4 Å². The van der Waals surface area contributed by atoms with E-state index in [1.165, 1.54) is 5.57 Å². The molecule has 1 amide bonds. The number of amides is 1. The van der Waals surface area contributed by atoms with Crippen LogP contribution in [0.3, 0.4) is 0 Å². The lowest BCUT2D eigenvalue weighted by Crippen LogP contribution is -2.31. The van der Waals surface area contributed by atoms with Crippen LogP contribution in [0.2, 0.25) is 0 Å². The molecule has 1 aliphatic heterocycles. The average Bonchev–Trinajstić information content (AvgIpc) is 2.51. The molecule has 0 aromatic rings. The minimum Gasteiger partial charge on any atom is -0.389 e. The number of aliphatic hydroxyl groups excluding tert-OH is 1. The fourth-order valence-corrected chi connectivity index (χ4v) is 3.35. The van der Waals surface area contributed by atoms with Crippen LogP contribution in [0, 0.1) is 11.8 Å². The summed E-state index contributed by atoms with van der Waals surface area (Å²) in [5, 5.41) is 12.3. The van der Waals surface area contributed by atoms with E-state index < -0.39 is 6.10 Å². The highest BCUT2D eigenvalue weighted by atomic mass is 16.3. The number of allylic oxidation sites excluding steroid dienone is 3. The van der Waals surface area contributed by atoms with Crippen molar-refractivity contribution < 1.29 is 14.7 Å². The highest BCUT2D eigenvalue weighted by Gasteiger charge is 2.21. The molecule has 1 rings (SSSR count). The van der Waals surface area contributed by atoms with Gasteiger partial charge in [-0.1, -0.05) is 31.2 Å². The lowest BCUT2D eigenvalue weighted by molar-refractivity contribution is -0.122. The van der Waals surface area contributed by atoms with Crippen LogP contribution in [-0.4, -0.2) is 22.9 Å². The van der Waals surface area contributed by atoms with Gasteiger partial charge in [-0.3, -0.25) is 9.59 Å². The molecule has 3 unspecified atom stereocenters. The van der Waals surface area contributed by atoms with E-state index in [4.69, 9.17) is 0 Å². The molecule has 0 aromatic carbocycles. The SMILES string of the molecule is C=CC(O)CC(C)/C=C(/C)CCC(=O)CCCC1CC(=C)NC(=O)C1. The fourth-order valence-electron chi connectivity index (χ4n) is 3.35. The third-order valence-corrected chi connectivity index (χ3v) is 4.65.